The average molecular weight is 377 g/mol. The first kappa shape index (κ1) is 18.3. The molecule has 1 saturated heterocycles. The Morgan fingerprint density at radius 2 is 1.71 bits per heavy atom. The molecule has 0 bridgehead atoms. The van der Waals surface area contributed by atoms with Crippen molar-refractivity contribution in [2.45, 2.75) is 19.9 Å². The molecule has 6 heteroatoms. The van der Waals surface area contributed by atoms with Crippen molar-refractivity contribution in [2.24, 2.45) is 0 Å². The minimum absolute atomic E-state index is 0.0416. The van der Waals surface area contributed by atoms with Gasteiger partial charge in [0.15, 0.2) is 0 Å². The molecule has 0 unspecified atom stereocenters. The minimum Gasteiger partial charge on any atom is -0.368 e. The summed E-state index contributed by atoms with van der Waals surface area (Å²) in [7, 11) is 0. The number of anilines is 1. The van der Waals surface area contributed by atoms with Crippen LogP contribution in [0.2, 0.25) is 0 Å². The Kier molecular flexibility index (Phi) is 5.46. The Morgan fingerprint density at radius 1 is 1.00 bits per heavy atom. The van der Waals surface area contributed by atoms with Crippen LogP contribution >= 0.6 is 0 Å². The lowest BCUT2D eigenvalue weighted by Crippen LogP contribution is -2.52. The van der Waals surface area contributed by atoms with E-state index in [2.05, 4.69) is 50.1 Å². The number of imidazole rings is 1. The number of fused-ring (bicyclic) bond motifs is 1. The predicted molar refractivity (Wildman–Crippen MR) is 113 cm³/mol. The Morgan fingerprint density at radius 3 is 2.50 bits per heavy atom. The lowest BCUT2D eigenvalue weighted by molar-refractivity contribution is 0.194. The molecule has 2 amide bonds. The monoisotopic (exact) mass is 377 g/mol. The maximum absolute atomic E-state index is 12.5. The molecule has 0 aliphatic carbocycles. The van der Waals surface area contributed by atoms with Gasteiger partial charge in [-0.25, -0.2) is 9.78 Å². The topological polar surface area (TPSA) is 53.4 Å². The average Bonchev–Trinajstić information content (AvgIpc) is 3.07. The molecule has 3 aromatic rings. The van der Waals surface area contributed by atoms with Gasteiger partial charge in [0.25, 0.3) is 0 Å². The molecule has 6 nitrogen and oxygen atoms in total. The van der Waals surface area contributed by atoms with Gasteiger partial charge in [0.05, 0.1) is 11.0 Å². The van der Waals surface area contributed by atoms with Crippen LogP contribution in [-0.2, 0) is 6.54 Å². The third kappa shape index (κ3) is 3.96. The summed E-state index contributed by atoms with van der Waals surface area (Å²) in [6, 6.07) is 18.6. The number of hydrogen-bond acceptors (Lipinski definition) is 3. The number of carbonyl (C=O) groups excluding carboxylic acids is 1. The number of nitrogens with one attached hydrogen (secondary N) is 1. The molecule has 1 fully saturated rings. The molecule has 0 saturated carbocycles. The van der Waals surface area contributed by atoms with Crippen molar-refractivity contribution in [2.75, 3.05) is 37.6 Å². The smallest absolute Gasteiger partial charge is 0.317 e. The fraction of sp³-hybridized carbons (Fsp3) is 0.364. The van der Waals surface area contributed by atoms with Gasteiger partial charge < -0.3 is 19.7 Å². The van der Waals surface area contributed by atoms with Crippen LogP contribution in [0.3, 0.4) is 0 Å². The van der Waals surface area contributed by atoms with Gasteiger partial charge in [-0.2, -0.15) is 0 Å². The first-order valence-corrected chi connectivity index (χ1v) is 9.97. The number of urea groups is 1. The van der Waals surface area contributed by atoms with Gasteiger partial charge >= 0.3 is 6.03 Å². The van der Waals surface area contributed by atoms with Crippen molar-refractivity contribution in [3.63, 3.8) is 0 Å². The molecule has 28 heavy (non-hydrogen) atoms. The molecule has 2 aromatic carbocycles. The normalized spacial score (nSPS) is 14.5. The number of piperazine rings is 1. The Balaban J connectivity index is 1.22. The molecule has 0 spiro atoms. The summed E-state index contributed by atoms with van der Waals surface area (Å²) in [5, 5.41) is 3.07. The first-order chi connectivity index (χ1) is 13.7. The van der Waals surface area contributed by atoms with E-state index in [1.807, 2.05) is 36.1 Å². The molecule has 0 radical (unpaired) electrons. The van der Waals surface area contributed by atoms with Crippen LogP contribution in [0.15, 0.2) is 54.6 Å². The van der Waals surface area contributed by atoms with E-state index in [1.165, 1.54) is 5.69 Å². The summed E-state index contributed by atoms with van der Waals surface area (Å²) in [5.74, 6) is 1.02. The minimum atomic E-state index is 0.0416. The number of aromatic nitrogens is 2. The van der Waals surface area contributed by atoms with E-state index in [-0.39, 0.29) is 6.03 Å². The Bertz CT molecular complexity index is 929. The van der Waals surface area contributed by atoms with Crippen LogP contribution in [0.5, 0.6) is 0 Å². The van der Waals surface area contributed by atoms with E-state index >= 15 is 0 Å². The molecule has 1 aromatic heterocycles. The summed E-state index contributed by atoms with van der Waals surface area (Å²) < 4.78 is 2.22. The van der Waals surface area contributed by atoms with Gasteiger partial charge in [0.2, 0.25) is 0 Å². The van der Waals surface area contributed by atoms with Crippen molar-refractivity contribution in [1.82, 2.24) is 19.8 Å². The second-order valence-electron chi connectivity index (χ2n) is 7.19. The van der Waals surface area contributed by atoms with Gasteiger partial charge in [0, 0.05) is 45.0 Å². The highest BCUT2D eigenvalue weighted by Crippen LogP contribution is 2.16. The molecule has 2 heterocycles. The second kappa shape index (κ2) is 8.33. The van der Waals surface area contributed by atoms with Crippen LogP contribution in [-0.4, -0.2) is 53.2 Å². The van der Waals surface area contributed by atoms with Gasteiger partial charge in [-0.05, 0) is 37.6 Å². The highest BCUT2D eigenvalue weighted by Gasteiger charge is 2.20. The van der Waals surface area contributed by atoms with Gasteiger partial charge in [-0.15, -0.1) is 0 Å². The Labute approximate surface area is 165 Å². The second-order valence-corrected chi connectivity index (χ2v) is 7.19. The van der Waals surface area contributed by atoms with Crippen LogP contribution in [0.1, 0.15) is 12.2 Å². The number of amides is 2. The quantitative estimate of drug-likeness (QED) is 0.695. The van der Waals surface area contributed by atoms with Gasteiger partial charge in [-0.3, -0.25) is 0 Å². The standard InChI is InChI=1S/C22H27N5O/c1-18-24-20-10-5-6-11-21(20)27(18)13-7-12-23-22(28)26-16-14-25(15-17-26)19-8-3-2-4-9-19/h2-6,8-11H,7,12-17H2,1H3,(H,23,28). The van der Waals surface area contributed by atoms with E-state index < -0.39 is 0 Å². The highest BCUT2D eigenvalue weighted by molar-refractivity contribution is 5.76. The molecule has 4 rings (SSSR count). The molecule has 146 valence electrons. The number of hydrogen-bond donors (Lipinski definition) is 1. The van der Waals surface area contributed by atoms with E-state index in [0.29, 0.717) is 6.54 Å². The predicted octanol–water partition coefficient (Wildman–Crippen LogP) is 3.27. The zero-order valence-corrected chi connectivity index (χ0v) is 16.3. The number of para-hydroxylation sites is 3. The summed E-state index contributed by atoms with van der Waals surface area (Å²) in [6.07, 6.45) is 0.886. The van der Waals surface area contributed by atoms with Crippen LogP contribution in [0.25, 0.3) is 11.0 Å². The van der Waals surface area contributed by atoms with E-state index in [1.54, 1.807) is 0 Å². The lowest BCUT2D eigenvalue weighted by atomic mass is 10.2. The molecule has 1 N–H and O–H groups in total. The third-order valence-corrected chi connectivity index (χ3v) is 5.37. The molecule has 0 atom stereocenters. The Hall–Kier alpha value is -3.02. The molecule has 1 aliphatic heterocycles. The zero-order valence-electron chi connectivity index (χ0n) is 16.3. The summed E-state index contributed by atoms with van der Waals surface area (Å²) in [4.78, 5) is 21.3. The number of carbonyl (C=O) groups is 1. The van der Waals surface area contributed by atoms with Crippen molar-refractivity contribution < 1.29 is 4.79 Å². The molecular formula is C22H27N5O. The summed E-state index contributed by atoms with van der Waals surface area (Å²) >= 11 is 0. The van der Waals surface area contributed by atoms with Crippen molar-refractivity contribution >= 4 is 22.8 Å². The largest absolute Gasteiger partial charge is 0.368 e. The summed E-state index contributed by atoms with van der Waals surface area (Å²) in [5.41, 5.74) is 3.41. The van der Waals surface area contributed by atoms with Crippen molar-refractivity contribution in [3.05, 3.63) is 60.4 Å². The van der Waals surface area contributed by atoms with Crippen molar-refractivity contribution in [3.8, 4) is 0 Å². The van der Waals surface area contributed by atoms with Crippen LogP contribution in [0, 0.1) is 6.92 Å². The van der Waals surface area contributed by atoms with E-state index in [0.717, 1.165) is 56.0 Å². The summed E-state index contributed by atoms with van der Waals surface area (Å²) in [6.45, 7) is 6.82. The fourth-order valence-corrected chi connectivity index (χ4v) is 3.83. The van der Waals surface area contributed by atoms with Gasteiger partial charge in [-0.1, -0.05) is 30.3 Å². The molecular weight excluding hydrogens is 350 g/mol. The first-order valence-electron chi connectivity index (χ1n) is 9.97. The number of nitrogens with zero attached hydrogens (tertiary/aromatic N) is 4. The highest BCUT2D eigenvalue weighted by atomic mass is 16.2. The number of aryl methyl sites for hydroxylation is 2. The fourth-order valence-electron chi connectivity index (χ4n) is 3.83. The lowest BCUT2D eigenvalue weighted by Gasteiger charge is -2.36. The maximum Gasteiger partial charge on any atom is 0.317 e. The number of rotatable bonds is 5. The van der Waals surface area contributed by atoms with E-state index in [4.69, 9.17) is 0 Å². The third-order valence-electron chi connectivity index (χ3n) is 5.37. The molecule has 1 aliphatic rings. The van der Waals surface area contributed by atoms with Crippen LogP contribution in [0.4, 0.5) is 10.5 Å². The number of benzene rings is 2. The van der Waals surface area contributed by atoms with Crippen LogP contribution < -0.4 is 10.2 Å². The maximum atomic E-state index is 12.5. The van der Waals surface area contributed by atoms with E-state index in [9.17, 15) is 4.79 Å². The SMILES string of the molecule is Cc1nc2ccccc2n1CCCNC(=O)N1CCN(c2ccccc2)CC1. The van der Waals surface area contributed by atoms with Gasteiger partial charge in [0.1, 0.15) is 5.82 Å². The zero-order chi connectivity index (χ0) is 19.3. The van der Waals surface area contributed by atoms with Crippen molar-refractivity contribution in [1.29, 1.82) is 0 Å².